The fourth-order valence-electron chi connectivity index (χ4n) is 3.58. The first-order valence-corrected chi connectivity index (χ1v) is 8.31. The Morgan fingerprint density at radius 2 is 2.14 bits per heavy atom. The summed E-state index contributed by atoms with van der Waals surface area (Å²) in [6, 6.07) is 9.60. The van der Waals surface area contributed by atoms with Crippen LogP contribution in [0, 0.1) is 5.92 Å². The highest BCUT2D eigenvalue weighted by Gasteiger charge is 2.33. The Balaban J connectivity index is 1.70. The maximum absolute atomic E-state index is 5.32. The van der Waals surface area contributed by atoms with Crippen molar-refractivity contribution in [3.05, 3.63) is 35.4 Å². The molecule has 1 aromatic carbocycles. The fourth-order valence-corrected chi connectivity index (χ4v) is 3.58. The fraction of sp³-hybridized carbons (Fsp3) is 0.667. The second kappa shape index (κ2) is 6.91. The smallest absolute Gasteiger partial charge is 0.0589 e. The topological polar surface area (TPSA) is 24.5 Å². The third-order valence-electron chi connectivity index (χ3n) is 5.12. The van der Waals surface area contributed by atoms with E-state index < -0.39 is 0 Å². The lowest BCUT2D eigenvalue weighted by molar-refractivity contribution is 0.110. The van der Waals surface area contributed by atoms with Crippen molar-refractivity contribution in [1.82, 2.24) is 10.2 Å². The number of methoxy groups -OCH3 is 1. The summed E-state index contributed by atoms with van der Waals surface area (Å²) in [5.74, 6) is 1.52. The molecule has 0 amide bonds. The van der Waals surface area contributed by atoms with Crippen LogP contribution in [-0.4, -0.2) is 44.3 Å². The molecule has 3 nitrogen and oxygen atoms in total. The number of hydrogen-bond donors (Lipinski definition) is 1. The van der Waals surface area contributed by atoms with Crippen LogP contribution >= 0.6 is 0 Å². The molecule has 1 heterocycles. The zero-order chi connectivity index (χ0) is 14.7. The van der Waals surface area contributed by atoms with Crippen LogP contribution < -0.4 is 5.32 Å². The maximum atomic E-state index is 5.32. The summed E-state index contributed by atoms with van der Waals surface area (Å²) < 4.78 is 5.32. The third-order valence-corrected chi connectivity index (χ3v) is 5.12. The monoisotopic (exact) mass is 288 g/mol. The Morgan fingerprint density at radius 1 is 1.33 bits per heavy atom. The molecule has 2 unspecified atom stereocenters. The number of hydrogen-bond acceptors (Lipinski definition) is 3. The molecule has 21 heavy (non-hydrogen) atoms. The van der Waals surface area contributed by atoms with Crippen molar-refractivity contribution in [2.24, 2.45) is 5.92 Å². The minimum absolute atomic E-state index is 0.605. The minimum Gasteiger partial charge on any atom is -0.383 e. The van der Waals surface area contributed by atoms with Crippen molar-refractivity contribution < 1.29 is 4.74 Å². The molecule has 1 aromatic rings. The Kier molecular flexibility index (Phi) is 4.94. The number of rotatable bonds is 7. The average Bonchev–Trinajstić information content (AvgIpc) is 3.35. The first kappa shape index (κ1) is 15.0. The van der Waals surface area contributed by atoms with Gasteiger partial charge in [0.15, 0.2) is 0 Å². The van der Waals surface area contributed by atoms with Crippen molar-refractivity contribution >= 4 is 0 Å². The first-order chi connectivity index (χ1) is 10.3. The van der Waals surface area contributed by atoms with E-state index in [4.69, 9.17) is 4.74 Å². The van der Waals surface area contributed by atoms with E-state index in [9.17, 15) is 0 Å². The van der Waals surface area contributed by atoms with Gasteiger partial charge in [-0.2, -0.15) is 0 Å². The van der Waals surface area contributed by atoms with Crippen LogP contribution in [0.3, 0.4) is 0 Å². The summed E-state index contributed by atoms with van der Waals surface area (Å²) in [6.07, 6.45) is 2.81. The molecule has 1 aliphatic carbocycles. The van der Waals surface area contributed by atoms with Crippen molar-refractivity contribution in [2.45, 2.75) is 38.3 Å². The molecule has 0 aromatic heterocycles. The summed E-state index contributed by atoms with van der Waals surface area (Å²) in [6.45, 7) is 7.53. The van der Waals surface area contributed by atoms with E-state index in [1.165, 1.54) is 18.4 Å². The molecule has 2 atom stereocenters. The zero-order valence-corrected chi connectivity index (χ0v) is 13.3. The third kappa shape index (κ3) is 3.65. The molecule has 1 aliphatic heterocycles. The van der Waals surface area contributed by atoms with Gasteiger partial charge in [0.2, 0.25) is 0 Å². The molecule has 1 fully saturated rings. The predicted molar refractivity (Wildman–Crippen MR) is 86.5 cm³/mol. The molecular formula is C18H28N2O. The van der Waals surface area contributed by atoms with Crippen LogP contribution in [-0.2, 0) is 11.3 Å². The van der Waals surface area contributed by atoms with Crippen LogP contribution in [0.4, 0.5) is 0 Å². The summed E-state index contributed by atoms with van der Waals surface area (Å²) in [7, 11) is 1.80. The standard InChI is InChI=1S/C18H28N2O/c1-14(15-7-8-15)20(9-10-21-2)13-17-12-19-11-16-5-3-4-6-18(16)17/h3-6,14-15,17,19H,7-13H2,1-2H3. The molecule has 0 spiro atoms. The van der Waals surface area contributed by atoms with E-state index in [-0.39, 0.29) is 0 Å². The van der Waals surface area contributed by atoms with Crippen molar-refractivity contribution in [1.29, 1.82) is 0 Å². The summed E-state index contributed by atoms with van der Waals surface area (Å²) >= 11 is 0. The van der Waals surface area contributed by atoms with Gasteiger partial charge in [-0.25, -0.2) is 0 Å². The lowest BCUT2D eigenvalue weighted by Gasteiger charge is -2.35. The molecule has 0 radical (unpaired) electrons. The predicted octanol–water partition coefficient (Wildman–Crippen LogP) is 2.62. The zero-order valence-electron chi connectivity index (χ0n) is 13.3. The maximum Gasteiger partial charge on any atom is 0.0589 e. The van der Waals surface area contributed by atoms with Crippen molar-refractivity contribution in [3.63, 3.8) is 0 Å². The largest absolute Gasteiger partial charge is 0.383 e. The highest BCUT2D eigenvalue weighted by molar-refractivity contribution is 5.33. The summed E-state index contributed by atoms with van der Waals surface area (Å²) in [5.41, 5.74) is 3.01. The van der Waals surface area contributed by atoms with Gasteiger partial charge in [-0.05, 0) is 36.8 Å². The van der Waals surface area contributed by atoms with E-state index in [0.717, 1.165) is 38.7 Å². The van der Waals surface area contributed by atoms with Crippen LogP contribution in [0.15, 0.2) is 24.3 Å². The van der Waals surface area contributed by atoms with Gasteiger partial charge in [-0.15, -0.1) is 0 Å². The van der Waals surface area contributed by atoms with E-state index in [1.54, 1.807) is 12.7 Å². The second-order valence-electron chi connectivity index (χ2n) is 6.59. The van der Waals surface area contributed by atoms with Gasteiger partial charge in [0.1, 0.15) is 0 Å². The van der Waals surface area contributed by atoms with E-state index in [2.05, 4.69) is 41.4 Å². The van der Waals surface area contributed by atoms with Crippen molar-refractivity contribution in [2.75, 3.05) is 33.4 Å². The normalized spacial score (nSPS) is 23.1. The number of nitrogens with zero attached hydrogens (tertiary/aromatic N) is 1. The van der Waals surface area contributed by atoms with Crippen LogP contribution in [0.2, 0.25) is 0 Å². The van der Waals surface area contributed by atoms with Gasteiger partial charge in [-0.3, -0.25) is 4.90 Å². The van der Waals surface area contributed by atoms with Gasteiger partial charge in [0.05, 0.1) is 6.61 Å². The van der Waals surface area contributed by atoms with Gasteiger partial charge in [0, 0.05) is 45.2 Å². The molecule has 3 rings (SSSR count). The van der Waals surface area contributed by atoms with Crippen molar-refractivity contribution in [3.8, 4) is 0 Å². The molecule has 2 aliphatic rings. The molecule has 0 saturated heterocycles. The van der Waals surface area contributed by atoms with Gasteiger partial charge < -0.3 is 10.1 Å². The molecule has 0 bridgehead atoms. The van der Waals surface area contributed by atoms with Crippen LogP contribution in [0.1, 0.15) is 36.8 Å². The van der Waals surface area contributed by atoms with E-state index >= 15 is 0 Å². The SMILES string of the molecule is COCCN(CC1CNCc2ccccc21)C(C)C1CC1. The average molecular weight is 288 g/mol. The van der Waals surface area contributed by atoms with Crippen LogP contribution in [0.5, 0.6) is 0 Å². The molecule has 116 valence electrons. The highest BCUT2D eigenvalue weighted by atomic mass is 16.5. The Bertz CT molecular complexity index is 458. The first-order valence-electron chi connectivity index (χ1n) is 8.31. The van der Waals surface area contributed by atoms with Gasteiger partial charge in [0.25, 0.3) is 0 Å². The minimum atomic E-state index is 0.605. The summed E-state index contributed by atoms with van der Waals surface area (Å²) in [5, 5.41) is 3.58. The molecule has 3 heteroatoms. The quantitative estimate of drug-likeness (QED) is 0.835. The lowest BCUT2D eigenvalue weighted by Crippen LogP contribution is -2.43. The number of ether oxygens (including phenoxy) is 1. The summed E-state index contributed by atoms with van der Waals surface area (Å²) in [4.78, 5) is 2.65. The van der Waals surface area contributed by atoms with Gasteiger partial charge >= 0.3 is 0 Å². The van der Waals surface area contributed by atoms with E-state index in [0.29, 0.717) is 12.0 Å². The molecule has 1 saturated carbocycles. The second-order valence-corrected chi connectivity index (χ2v) is 6.59. The lowest BCUT2D eigenvalue weighted by atomic mass is 9.90. The molecular weight excluding hydrogens is 260 g/mol. The molecule has 1 N–H and O–H groups in total. The van der Waals surface area contributed by atoms with Crippen LogP contribution in [0.25, 0.3) is 0 Å². The number of fused-ring (bicyclic) bond motifs is 1. The van der Waals surface area contributed by atoms with Gasteiger partial charge in [-0.1, -0.05) is 24.3 Å². The Morgan fingerprint density at radius 3 is 2.90 bits per heavy atom. The Labute approximate surface area is 128 Å². The number of nitrogens with one attached hydrogen (secondary N) is 1. The van der Waals surface area contributed by atoms with E-state index in [1.807, 2.05) is 0 Å². The Hall–Kier alpha value is -0.900. The highest BCUT2D eigenvalue weighted by Crippen LogP contribution is 2.36. The number of benzene rings is 1.